The van der Waals surface area contributed by atoms with Crippen molar-refractivity contribution >= 4 is 114 Å². The summed E-state index contributed by atoms with van der Waals surface area (Å²) in [5.74, 6) is -2.16. The Balaban J connectivity index is 0.000000217. The van der Waals surface area contributed by atoms with Gasteiger partial charge in [0.1, 0.15) is 11.6 Å². The van der Waals surface area contributed by atoms with Crippen LogP contribution in [0.15, 0.2) is 144 Å². The van der Waals surface area contributed by atoms with Gasteiger partial charge >= 0.3 is 5.97 Å². The number of amides is 1. The molecule has 0 unspecified atom stereocenters. The van der Waals surface area contributed by atoms with E-state index in [1.165, 1.54) is 57.9 Å². The van der Waals surface area contributed by atoms with Crippen LogP contribution in [0.5, 0.6) is 0 Å². The van der Waals surface area contributed by atoms with Gasteiger partial charge in [-0.3, -0.25) is 28.7 Å². The Bertz CT molecular complexity index is 3760. The van der Waals surface area contributed by atoms with Gasteiger partial charge in [0.05, 0.1) is 48.6 Å². The Morgan fingerprint density at radius 3 is 1.62 bits per heavy atom. The van der Waals surface area contributed by atoms with E-state index in [-0.39, 0.29) is 74.4 Å². The zero-order valence-corrected chi connectivity index (χ0v) is 41.1. The fourth-order valence-electron chi connectivity index (χ4n) is 7.35. The highest BCUT2D eigenvalue weighted by Crippen LogP contribution is 2.27. The molecular formula is C52H44Cl5F3N8O5. The molecule has 6 N–H and O–H groups in total. The number of hydrogen-bond donors (Lipinski definition) is 5. The van der Waals surface area contributed by atoms with Gasteiger partial charge in [-0.25, -0.2) is 13.6 Å². The van der Waals surface area contributed by atoms with Gasteiger partial charge in [0.25, 0.3) is 17.0 Å². The van der Waals surface area contributed by atoms with Crippen molar-refractivity contribution in [1.29, 1.82) is 0 Å². The number of carbonyl (C=O) groups excluding carboxylic acids is 1. The predicted octanol–water partition coefficient (Wildman–Crippen LogP) is 12.2. The summed E-state index contributed by atoms with van der Waals surface area (Å²) in [6.45, 7) is 0.552. The van der Waals surface area contributed by atoms with Crippen LogP contribution in [-0.2, 0) is 26.2 Å². The molecule has 10 rings (SSSR count). The normalized spacial score (nSPS) is 10.7. The van der Waals surface area contributed by atoms with Crippen LogP contribution < -0.4 is 22.2 Å². The molecule has 0 aliphatic carbocycles. The molecular weight excluding hydrogens is 1050 g/mol. The summed E-state index contributed by atoms with van der Waals surface area (Å²) in [6, 6.07) is 25.7. The van der Waals surface area contributed by atoms with E-state index >= 15 is 0 Å². The first-order valence-electron chi connectivity index (χ1n) is 21.7. The molecule has 6 aromatic heterocycles. The molecule has 0 atom stereocenters. The van der Waals surface area contributed by atoms with E-state index in [2.05, 4.69) is 25.3 Å². The summed E-state index contributed by atoms with van der Waals surface area (Å²) in [4.78, 5) is 62.5. The second-order valence-electron chi connectivity index (χ2n) is 15.5. The van der Waals surface area contributed by atoms with Gasteiger partial charge in [0.2, 0.25) is 0 Å². The number of aromatic carboxylic acids is 1. The highest BCUT2D eigenvalue weighted by Gasteiger charge is 2.14. The van der Waals surface area contributed by atoms with Crippen molar-refractivity contribution in [3.8, 4) is 0 Å². The first kappa shape index (κ1) is 55.1. The number of nitrogens with zero attached hydrogens (tertiary/aromatic N) is 4. The van der Waals surface area contributed by atoms with Crippen LogP contribution in [0.25, 0.3) is 43.4 Å². The van der Waals surface area contributed by atoms with E-state index in [9.17, 15) is 32.3 Å². The van der Waals surface area contributed by atoms with Crippen LogP contribution >= 0.6 is 58.8 Å². The number of fused-ring (bicyclic) bond motifs is 4. The lowest BCUT2D eigenvalue weighted by Gasteiger charge is -2.10. The van der Waals surface area contributed by atoms with Gasteiger partial charge in [0.15, 0.2) is 0 Å². The smallest absolute Gasteiger partial charge is 0.335 e. The molecule has 21 heteroatoms. The third kappa shape index (κ3) is 13.9. The number of benzene rings is 4. The number of halogens is 8. The summed E-state index contributed by atoms with van der Waals surface area (Å²) in [7, 11) is -1.00. The van der Waals surface area contributed by atoms with Gasteiger partial charge in [-0.05, 0) is 94.3 Å². The van der Waals surface area contributed by atoms with Gasteiger partial charge < -0.3 is 35.3 Å². The summed E-state index contributed by atoms with van der Waals surface area (Å²) < 4.78 is 46.1. The lowest BCUT2D eigenvalue weighted by atomic mass is 10.1. The van der Waals surface area contributed by atoms with Crippen molar-refractivity contribution in [3.63, 3.8) is 0 Å². The van der Waals surface area contributed by atoms with Crippen LogP contribution in [-0.4, -0.2) is 53.2 Å². The molecule has 0 bridgehead atoms. The van der Waals surface area contributed by atoms with Crippen molar-refractivity contribution in [1.82, 2.24) is 34.4 Å². The molecule has 0 saturated heterocycles. The lowest BCUT2D eigenvalue weighted by Crippen LogP contribution is -2.24. The molecule has 73 heavy (non-hydrogen) atoms. The van der Waals surface area contributed by atoms with E-state index in [0.717, 1.165) is 26.9 Å². The SMILES string of the molecule is C.Cl.NCc1cc2c(Cl)c[nH]c2cc1F.O=C(NCc1cc2c(Cl)c[nH]c2cc1F)c1ccnc(Cn2cc3cc(Cl)ccc3cc2=O)c1.O=C(O)c1ccnc(Cn2cc3cc(Cl)ccc3cc2=O)c1.[2H]CF. The summed E-state index contributed by atoms with van der Waals surface area (Å²) in [5, 5.41) is 18.7. The highest BCUT2D eigenvalue weighted by atomic mass is 35.5. The number of alkyl halides is 1. The van der Waals surface area contributed by atoms with Crippen LogP contribution in [0.3, 0.4) is 0 Å². The monoisotopic (exact) mass is 1090 g/mol. The Morgan fingerprint density at radius 1 is 0.685 bits per heavy atom. The number of nitrogens with two attached hydrogens (primary N) is 1. The van der Waals surface area contributed by atoms with Gasteiger partial charge in [-0.15, -0.1) is 12.4 Å². The number of carbonyl (C=O) groups is 2. The maximum Gasteiger partial charge on any atom is 0.335 e. The Kier molecular flexibility index (Phi) is 19.2. The fraction of sp³-hybridized carbons (Fsp3) is 0.115. The van der Waals surface area contributed by atoms with E-state index in [0.29, 0.717) is 64.6 Å². The predicted molar refractivity (Wildman–Crippen MR) is 287 cm³/mol. The number of aromatic nitrogens is 6. The van der Waals surface area contributed by atoms with Crippen molar-refractivity contribution in [2.75, 3.05) is 7.15 Å². The Hall–Kier alpha value is -7.18. The third-order valence-corrected chi connectivity index (χ3v) is 12.0. The number of carboxylic acid groups (broad SMARTS) is 1. The molecule has 0 radical (unpaired) electrons. The van der Waals surface area contributed by atoms with E-state index in [1.807, 2.05) is 0 Å². The van der Waals surface area contributed by atoms with E-state index in [4.69, 9.17) is 58.6 Å². The highest BCUT2D eigenvalue weighted by molar-refractivity contribution is 6.36. The molecule has 10 aromatic rings. The van der Waals surface area contributed by atoms with Crippen LogP contribution in [0, 0.1) is 11.6 Å². The molecule has 0 spiro atoms. The first-order chi connectivity index (χ1) is 34.5. The minimum absolute atomic E-state index is 0. The van der Waals surface area contributed by atoms with E-state index in [1.54, 1.807) is 85.5 Å². The van der Waals surface area contributed by atoms with Crippen molar-refractivity contribution in [2.24, 2.45) is 5.73 Å². The van der Waals surface area contributed by atoms with Gasteiger partial charge in [-0.1, -0.05) is 66.0 Å². The van der Waals surface area contributed by atoms with E-state index < -0.39 is 18.9 Å². The number of H-pyrrole nitrogens is 2. The molecule has 6 heterocycles. The second kappa shape index (κ2) is 25.5. The van der Waals surface area contributed by atoms with Gasteiger partial charge in [0, 0.05) is 111 Å². The molecule has 4 aromatic carbocycles. The number of carboxylic acids is 1. The third-order valence-electron chi connectivity index (χ3n) is 10.9. The number of hydrogen-bond acceptors (Lipinski definition) is 7. The standard InChI is InChI=1S/C25H17Cl2FN4O2.C16H11ClN2O3.C9H8ClFN2.CH3F.CH4.ClH/c26-18-2-1-14-8-24(33)32(12-17(14)5-18)13-19-6-15(3-4-29-19)25(34)31-10-16-7-20-21(27)11-30-23(20)9-22(16)28;17-13-2-1-10-7-15(20)19(8-12(10)5-13)9-14-6-11(16(21)22)3-4-18-14;10-7-4-13-9-2-8(11)5(3-12)1-6(7)9;1-2;;/h1-9,11-12,30H,10,13H2,(H,31,34);1-8H,9H2,(H,21,22);1-2,4,13H,3,12H2;1H3;1H4;1H/i;;;1D;;. The summed E-state index contributed by atoms with van der Waals surface area (Å²) in [6.07, 6.45) is 9.54. The number of rotatable bonds is 9. The minimum atomic E-state index is -1.03. The number of aromatic amines is 2. The lowest BCUT2D eigenvalue weighted by molar-refractivity contribution is 0.0696. The van der Waals surface area contributed by atoms with Crippen molar-refractivity contribution < 1.29 is 29.2 Å². The minimum Gasteiger partial charge on any atom is -0.478 e. The zero-order chi connectivity index (χ0) is 51.6. The largest absolute Gasteiger partial charge is 0.478 e. The molecule has 1 amide bonds. The van der Waals surface area contributed by atoms with Gasteiger partial charge in [-0.2, -0.15) is 0 Å². The number of pyridine rings is 4. The molecule has 0 aliphatic heterocycles. The summed E-state index contributed by atoms with van der Waals surface area (Å²) >= 11 is 24.0. The van der Waals surface area contributed by atoms with Crippen LogP contribution in [0.1, 0.15) is 52.0 Å². The molecule has 0 fully saturated rings. The maximum atomic E-state index is 14.4. The molecule has 13 nitrogen and oxygen atoms in total. The van der Waals surface area contributed by atoms with Crippen LogP contribution in [0.4, 0.5) is 13.2 Å². The second-order valence-corrected chi connectivity index (χ2v) is 17.2. The Labute approximate surface area is 442 Å². The van der Waals surface area contributed by atoms with Crippen LogP contribution in [0.2, 0.25) is 20.1 Å². The first-order valence-corrected chi connectivity index (χ1v) is 22.5. The molecule has 378 valence electrons. The average Bonchev–Trinajstić information content (AvgIpc) is 3.90. The Morgan fingerprint density at radius 2 is 1.14 bits per heavy atom. The zero-order valence-electron chi connectivity index (χ0n) is 38.2. The fourth-order valence-corrected chi connectivity index (χ4v) is 8.13. The number of nitrogens with one attached hydrogen (secondary N) is 3. The maximum absolute atomic E-state index is 14.4. The topological polar surface area (TPSA) is 194 Å². The molecule has 0 aliphatic rings. The van der Waals surface area contributed by atoms with Crippen molar-refractivity contribution in [2.45, 2.75) is 33.6 Å². The summed E-state index contributed by atoms with van der Waals surface area (Å²) in [5.41, 5.74) is 8.59. The molecule has 0 saturated carbocycles. The quantitative estimate of drug-likeness (QED) is 0.0942. The average molecular weight is 1100 g/mol. The van der Waals surface area contributed by atoms with Crippen molar-refractivity contribution in [3.05, 3.63) is 220 Å².